The van der Waals surface area contributed by atoms with Gasteiger partial charge in [-0.2, -0.15) is 0 Å². The van der Waals surface area contributed by atoms with E-state index in [-0.39, 0.29) is 23.2 Å². The minimum absolute atomic E-state index is 0.0281. The van der Waals surface area contributed by atoms with Crippen LogP contribution in [0, 0.1) is 5.92 Å². The molecular weight excluding hydrogens is 302 g/mol. The lowest BCUT2D eigenvalue weighted by Crippen LogP contribution is -2.38. The maximum Gasteiger partial charge on any atom is 0.310 e. The van der Waals surface area contributed by atoms with Gasteiger partial charge in [0, 0.05) is 18.7 Å². The summed E-state index contributed by atoms with van der Waals surface area (Å²) >= 11 is 0. The Kier molecular flexibility index (Phi) is 7.46. The summed E-state index contributed by atoms with van der Waals surface area (Å²) in [6.07, 6.45) is 1.92. The van der Waals surface area contributed by atoms with Gasteiger partial charge in [-0.1, -0.05) is 53.2 Å². The zero-order valence-electron chi connectivity index (χ0n) is 15.9. The van der Waals surface area contributed by atoms with E-state index in [0.29, 0.717) is 18.7 Å². The van der Waals surface area contributed by atoms with Gasteiger partial charge in [-0.05, 0) is 29.5 Å². The number of methoxy groups -OCH3 is 1. The van der Waals surface area contributed by atoms with E-state index in [2.05, 4.69) is 27.7 Å². The minimum Gasteiger partial charge on any atom is -0.469 e. The van der Waals surface area contributed by atoms with E-state index in [1.165, 1.54) is 12.7 Å². The molecule has 0 bridgehead atoms. The molecule has 0 aliphatic rings. The molecule has 1 atom stereocenters. The standard InChI is InChI=1S/C20H31NO3/c1-7-8-13-21(14-15(2)19(23)24-6)18(22)16-9-11-17(12-10-16)20(3,4)5/h9-12,15H,7-8,13-14H2,1-6H3. The largest absolute Gasteiger partial charge is 0.469 e. The fourth-order valence-corrected chi connectivity index (χ4v) is 2.53. The van der Waals surface area contributed by atoms with Gasteiger partial charge in [0.25, 0.3) is 5.91 Å². The molecular formula is C20H31NO3. The third kappa shape index (κ3) is 5.66. The van der Waals surface area contributed by atoms with Crippen molar-refractivity contribution < 1.29 is 14.3 Å². The predicted octanol–water partition coefficient (Wildman–Crippen LogP) is 4.04. The normalized spacial score (nSPS) is 12.6. The molecule has 4 heteroatoms. The van der Waals surface area contributed by atoms with E-state index in [1.807, 2.05) is 24.3 Å². The summed E-state index contributed by atoms with van der Waals surface area (Å²) in [5, 5.41) is 0. The van der Waals surface area contributed by atoms with Gasteiger partial charge in [0.1, 0.15) is 0 Å². The highest BCUT2D eigenvalue weighted by Crippen LogP contribution is 2.22. The number of esters is 1. The van der Waals surface area contributed by atoms with Crippen molar-refractivity contribution in [1.82, 2.24) is 4.90 Å². The number of benzene rings is 1. The van der Waals surface area contributed by atoms with Gasteiger partial charge in [-0.25, -0.2) is 0 Å². The lowest BCUT2D eigenvalue weighted by molar-refractivity contribution is -0.145. The second-order valence-electron chi connectivity index (χ2n) is 7.36. The molecule has 1 rings (SSSR count). The van der Waals surface area contributed by atoms with Crippen molar-refractivity contribution in [3.63, 3.8) is 0 Å². The lowest BCUT2D eigenvalue weighted by atomic mass is 9.86. The van der Waals surface area contributed by atoms with Crippen LogP contribution >= 0.6 is 0 Å². The molecule has 1 aromatic carbocycles. The minimum atomic E-state index is -0.329. The number of carbonyl (C=O) groups excluding carboxylic acids is 2. The molecule has 0 aliphatic heterocycles. The summed E-state index contributed by atoms with van der Waals surface area (Å²) in [7, 11) is 1.38. The molecule has 0 spiro atoms. The van der Waals surface area contributed by atoms with Crippen molar-refractivity contribution in [2.24, 2.45) is 5.92 Å². The molecule has 0 aliphatic carbocycles. The number of ether oxygens (including phenoxy) is 1. The average molecular weight is 333 g/mol. The van der Waals surface area contributed by atoms with Crippen LogP contribution in [0.15, 0.2) is 24.3 Å². The summed E-state index contributed by atoms with van der Waals surface area (Å²) in [5.74, 6) is -0.642. The SMILES string of the molecule is CCCCN(CC(C)C(=O)OC)C(=O)c1ccc(C(C)(C)C)cc1. The van der Waals surface area contributed by atoms with Crippen LogP contribution < -0.4 is 0 Å². The third-order valence-corrected chi connectivity index (χ3v) is 4.16. The number of carbonyl (C=O) groups is 2. The number of unbranched alkanes of at least 4 members (excludes halogenated alkanes) is 1. The van der Waals surface area contributed by atoms with Gasteiger partial charge in [-0.15, -0.1) is 0 Å². The molecule has 4 nitrogen and oxygen atoms in total. The quantitative estimate of drug-likeness (QED) is 0.708. The van der Waals surface area contributed by atoms with Gasteiger partial charge < -0.3 is 9.64 Å². The van der Waals surface area contributed by atoms with Crippen molar-refractivity contribution in [2.75, 3.05) is 20.2 Å². The third-order valence-electron chi connectivity index (χ3n) is 4.16. The second-order valence-corrected chi connectivity index (χ2v) is 7.36. The Morgan fingerprint density at radius 1 is 1.17 bits per heavy atom. The lowest BCUT2D eigenvalue weighted by Gasteiger charge is -2.25. The topological polar surface area (TPSA) is 46.6 Å². The van der Waals surface area contributed by atoms with Crippen molar-refractivity contribution in [3.05, 3.63) is 35.4 Å². The molecule has 0 radical (unpaired) electrons. The van der Waals surface area contributed by atoms with E-state index in [4.69, 9.17) is 4.74 Å². The molecule has 0 aromatic heterocycles. The highest BCUT2D eigenvalue weighted by Gasteiger charge is 2.22. The smallest absolute Gasteiger partial charge is 0.310 e. The molecule has 1 aromatic rings. The van der Waals surface area contributed by atoms with Crippen LogP contribution in [0.2, 0.25) is 0 Å². The Morgan fingerprint density at radius 2 is 1.75 bits per heavy atom. The zero-order valence-corrected chi connectivity index (χ0v) is 15.9. The fraction of sp³-hybridized carbons (Fsp3) is 0.600. The Hall–Kier alpha value is -1.84. The van der Waals surface area contributed by atoms with E-state index in [0.717, 1.165) is 12.8 Å². The molecule has 24 heavy (non-hydrogen) atoms. The molecule has 134 valence electrons. The van der Waals surface area contributed by atoms with Crippen LogP contribution in [-0.2, 0) is 14.9 Å². The number of hydrogen-bond donors (Lipinski definition) is 0. The van der Waals surface area contributed by atoms with Crippen LogP contribution in [0.3, 0.4) is 0 Å². The molecule has 0 N–H and O–H groups in total. The fourth-order valence-electron chi connectivity index (χ4n) is 2.53. The van der Waals surface area contributed by atoms with Crippen molar-refractivity contribution >= 4 is 11.9 Å². The van der Waals surface area contributed by atoms with E-state index in [1.54, 1.807) is 11.8 Å². The van der Waals surface area contributed by atoms with Gasteiger partial charge in [0.15, 0.2) is 0 Å². The monoisotopic (exact) mass is 333 g/mol. The average Bonchev–Trinajstić information content (AvgIpc) is 2.56. The van der Waals surface area contributed by atoms with Crippen molar-refractivity contribution in [2.45, 2.75) is 52.9 Å². The predicted molar refractivity (Wildman–Crippen MR) is 97.1 cm³/mol. The number of nitrogens with zero attached hydrogens (tertiary/aromatic N) is 1. The van der Waals surface area contributed by atoms with E-state index >= 15 is 0 Å². The Bertz CT molecular complexity index is 543. The highest BCUT2D eigenvalue weighted by atomic mass is 16.5. The Balaban J connectivity index is 2.92. The molecule has 0 saturated heterocycles. The highest BCUT2D eigenvalue weighted by molar-refractivity contribution is 5.94. The van der Waals surface area contributed by atoms with Crippen LogP contribution in [0.1, 0.15) is 63.4 Å². The van der Waals surface area contributed by atoms with Gasteiger partial charge in [-0.3, -0.25) is 9.59 Å². The maximum absolute atomic E-state index is 12.8. The van der Waals surface area contributed by atoms with Crippen molar-refractivity contribution in [1.29, 1.82) is 0 Å². The zero-order chi connectivity index (χ0) is 18.3. The molecule has 0 heterocycles. The van der Waals surface area contributed by atoms with Crippen LogP contribution in [0.5, 0.6) is 0 Å². The Morgan fingerprint density at radius 3 is 2.21 bits per heavy atom. The summed E-state index contributed by atoms with van der Waals surface area (Å²) < 4.78 is 4.78. The van der Waals surface area contributed by atoms with Gasteiger partial charge >= 0.3 is 5.97 Å². The van der Waals surface area contributed by atoms with Crippen LogP contribution in [-0.4, -0.2) is 37.0 Å². The summed E-state index contributed by atoms with van der Waals surface area (Å²) in [6.45, 7) is 11.4. The number of hydrogen-bond acceptors (Lipinski definition) is 3. The molecule has 0 fully saturated rings. The molecule has 0 saturated carbocycles. The number of rotatable bonds is 7. The van der Waals surface area contributed by atoms with Gasteiger partial charge in [0.05, 0.1) is 13.0 Å². The first kappa shape index (κ1) is 20.2. The number of amides is 1. The molecule has 1 unspecified atom stereocenters. The maximum atomic E-state index is 12.8. The first-order valence-corrected chi connectivity index (χ1v) is 8.68. The summed E-state index contributed by atoms with van der Waals surface area (Å²) in [5.41, 5.74) is 1.92. The Labute approximate surface area is 146 Å². The second kappa shape index (κ2) is 8.86. The summed E-state index contributed by atoms with van der Waals surface area (Å²) in [6, 6.07) is 7.78. The van der Waals surface area contributed by atoms with E-state index < -0.39 is 0 Å². The van der Waals surface area contributed by atoms with Crippen LogP contribution in [0.4, 0.5) is 0 Å². The van der Waals surface area contributed by atoms with Gasteiger partial charge in [0.2, 0.25) is 0 Å². The van der Waals surface area contributed by atoms with Crippen LogP contribution in [0.25, 0.3) is 0 Å². The first-order chi connectivity index (χ1) is 11.2. The van der Waals surface area contributed by atoms with Crippen molar-refractivity contribution in [3.8, 4) is 0 Å². The summed E-state index contributed by atoms with van der Waals surface area (Å²) in [4.78, 5) is 26.3. The van der Waals surface area contributed by atoms with E-state index in [9.17, 15) is 9.59 Å². The molecule has 1 amide bonds. The first-order valence-electron chi connectivity index (χ1n) is 8.68.